The van der Waals surface area contributed by atoms with Gasteiger partial charge in [0.05, 0.1) is 6.33 Å². The maximum Gasteiger partial charge on any atom is 0.160 e. The Labute approximate surface area is 118 Å². The van der Waals surface area contributed by atoms with Gasteiger partial charge in [0.1, 0.15) is 5.69 Å². The minimum Gasteiger partial charge on any atom is -0.348 e. The number of nitrogens with one attached hydrogen (secondary N) is 1. The van der Waals surface area contributed by atoms with E-state index in [4.69, 9.17) is 0 Å². The topological polar surface area (TPSA) is 46.5 Å². The molecule has 0 aliphatic rings. The maximum absolute atomic E-state index is 4.43. The number of benzene rings is 1. The Balaban J connectivity index is 1.67. The summed E-state index contributed by atoms with van der Waals surface area (Å²) in [6.07, 6.45) is 7.75. The number of aromatic nitrogens is 4. The molecule has 3 rings (SSSR count). The van der Waals surface area contributed by atoms with E-state index in [-0.39, 0.29) is 0 Å². The third kappa shape index (κ3) is 2.64. The van der Waals surface area contributed by atoms with Crippen molar-refractivity contribution < 1.29 is 0 Å². The van der Waals surface area contributed by atoms with Gasteiger partial charge >= 0.3 is 0 Å². The first-order chi connectivity index (χ1) is 9.84. The van der Waals surface area contributed by atoms with Crippen molar-refractivity contribution in [2.45, 2.75) is 26.3 Å². The molecule has 20 heavy (non-hydrogen) atoms. The highest BCUT2D eigenvalue weighted by atomic mass is 15.1. The smallest absolute Gasteiger partial charge is 0.160 e. The van der Waals surface area contributed by atoms with Crippen molar-refractivity contribution in [3.05, 3.63) is 60.3 Å². The van der Waals surface area contributed by atoms with Crippen LogP contribution in [-0.2, 0) is 13.0 Å². The van der Waals surface area contributed by atoms with Crippen LogP contribution in [-0.4, -0.2) is 19.5 Å². The zero-order chi connectivity index (χ0) is 13.8. The predicted molar refractivity (Wildman–Crippen MR) is 79.3 cm³/mol. The molecule has 0 radical (unpaired) electrons. The number of imidazole rings is 2. The highest BCUT2D eigenvalue weighted by molar-refractivity contribution is 5.52. The lowest BCUT2D eigenvalue weighted by molar-refractivity contribution is 0.646. The van der Waals surface area contributed by atoms with Crippen LogP contribution in [0, 0.1) is 6.92 Å². The highest BCUT2D eigenvalue weighted by Crippen LogP contribution is 2.18. The Morgan fingerprint density at radius 3 is 2.75 bits per heavy atom. The van der Waals surface area contributed by atoms with Crippen LogP contribution in [0.2, 0.25) is 0 Å². The first kappa shape index (κ1) is 12.7. The van der Waals surface area contributed by atoms with Gasteiger partial charge < -0.3 is 9.55 Å². The third-order valence-corrected chi connectivity index (χ3v) is 3.46. The van der Waals surface area contributed by atoms with Gasteiger partial charge in [-0.15, -0.1) is 0 Å². The molecule has 2 aromatic heterocycles. The molecule has 2 heterocycles. The molecule has 3 aromatic rings. The fourth-order valence-electron chi connectivity index (χ4n) is 2.39. The number of nitrogens with zero attached hydrogens (tertiary/aromatic N) is 3. The molecule has 0 amide bonds. The molecular weight excluding hydrogens is 248 g/mol. The lowest BCUT2D eigenvalue weighted by Crippen LogP contribution is -2.02. The van der Waals surface area contributed by atoms with E-state index in [2.05, 4.69) is 49.9 Å². The summed E-state index contributed by atoms with van der Waals surface area (Å²) in [6.45, 7) is 2.97. The number of rotatable bonds is 5. The molecule has 0 spiro atoms. The fourth-order valence-corrected chi connectivity index (χ4v) is 2.39. The minimum atomic E-state index is 0.940. The van der Waals surface area contributed by atoms with Crippen LogP contribution in [0.3, 0.4) is 0 Å². The molecule has 0 aliphatic heterocycles. The SMILES string of the molecule is Cc1[nH]cnc1-c1nccn1CCCc1ccccc1. The molecule has 4 nitrogen and oxygen atoms in total. The van der Waals surface area contributed by atoms with Gasteiger partial charge in [-0.2, -0.15) is 0 Å². The number of hydrogen-bond acceptors (Lipinski definition) is 2. The predicted octanol–water partition coefficient (Wildman–Crippen LogP) is 3.21. The summed E-state index contributed by atoms with van der Waals surface area (Å²) in [5.74, 6) is 0.941. The van der Waals surface area contributed by atoms with Crippen molar-refractivity contribution in [1.29, 1.82) is 0 Å². The average Bonchev–Trinajstić information content (AvgIpc) is 3.08. The Hall–Kier alpha value is -2.36. The molecule has 0 unspecified atom stereocenters. The molecule has 0 saturated heterocycles. The number of aromatic amines is 1. The molecule has 1 aromatic carbocycles. The summed E-state index contributed by atoms with van der Waals surface area (Å²) in [5.41, 5.74) is 3.38. The van der Waals surface area contributed by atoms with Crippen molar-refractivity contribution in [3.8, 4) is 11.5 Å². The van der Waals surface area contributed by atoms with Gasteiger partial charge in [0.2, 0.25) is 0 Å². The summed E-state index contributed by atoms with van der Waals surface area (Å²) >= 11 is 0. The first-order valence-electron chi connectivity index (χ1n) is 6.90. The van der Waals surface area contributed by atoms with Crippen LogP contribution in [0.25, 0.3) is 11.5 Å². The number of hydrogen-bond donors (Lipinski definition) is 1. The zero-order valence-corrected chi connectivity index (χ0v) is 11.6. The standard InChI is InChI=1S/C16H18N4/c1-13-15(19-12-18-13)16-17-9-11-20(16)10-5-8-14-6-3-2-4-7-14/h2-4,6-7,9,11-12H,5,8,10H2,1H3,(H,18,19). The lowest BCUT2D eigenvalue weighted by Gasteiger charge is -2.07. The summed E-state index contributed by atoms with van der Waals surface area (Å²) in [5, 5.41) is 0. The van der Waals surface area contributed by atoms with Gasteiger partial charge in [-0.05, 0) is 25.3 Å². The van der Waals surface area contributed by atoms with Crippen LogP contribution in [0.4, 0.5) is 0 Å². The van der Waals surface area contributed by atoms with Crippen LogP contribution in [0.1, 0.15) is 17.7 Å². The molecule has 0 atom stereocenters. The highest BCUT2D eigenvalue weighted by Gasteiger charge is 2.10. The summed E-state index contributed by atoms with van der Waals surface area (Å²) < 4.78 is 2.17. The Morgan fingerprint density at radius 2 is 2.00 bits per heavy atom. The molecule has 4 heteroatoms. The van der Waals surface area contributed by atoms with Gasteiger partial charge in [0.25, 0.3) is 0 Å². The van der Waals surface area contributed by atoms with E-state index < -0.39 is 0 Å². The quantitative estimate of drug-likeness (QED) is 0.770. The second kappa shape index (κ2) is 5.74. The van der Waals surface area contributed by atoms with E-state index in [1.54, 1.807) is 6.33 Å². The molecule has 1 N–H and O–H groups in total. The van der Waals surface area contributed by atoms with Crippen LogP contribution in [0.15, 0.2) is 49.1 Å². The summed E-state index contributed by atoms with van der Waals surface area (Å²) in [7, 11) is 0. The van der Waals surface area contributed by atoms with Crippen LogP contribution >= 0.6 is 0 Å². The van der Waals surface area contributed by atoms with E-state index in [9.17, 15) is 0 Å². The van der Waals surface area contributed by atoms with E-state index >= 15 is 0 Å². The van der Waals surface area contributed by atoms with E-state index in [0.717, 1.165) is 36.6 Å². The summed E-state index contributed by atoms with van der Waals surface area (Å²) in [4.78, 5) is 11.9. The molecular formula is C16H18N4. The van der Waals surface area contributed by atoms with Crippen molar-refractivity contribution in [1.82, 2.24) is 19.5 Å². The van der Waals surface area contributed by atoms with Crippen molar-refractivity contribution in [2.24, 2.45) is 0 Å². The number of H-pyrrole nitrogens is 1. The van der Waals surface area contributed by atoms with E-state index in [1.807, 2.05) is 19.3 Å². The first-order valence-corrected chi connectivity index (χ1v) is 6.90. The molecule has 0 fully saturated rings. The maximum atomic E-state index is 4.43. The van der Waals surface area contributed by atoms with Crippen LogP contribution < -0.4 is 0 Å². The molecule has 0 aliphatic carbocycles. The van der Waals surface area contributed by atoms with Crippen LogP contribution in [0.5, 0.6) is 0 Å². The normalized spacial score (nSPS) is 10.8. The fraction of sp³-hybridized carbons (Fsp3) is 0.250. The van der Waals surface area contributed by atoms with Gasteiger partial charge in [-0.1, -0.05) is 30.3 Å². The van der Waals surface area contributed by atoms with Gasteiger partial charge in [0, 0.05) is 24.6 Å². The largest absolute Gasteiger partial charge is 0.348 e. The van der Waals surface area contributed by atoms with E-state index in [1.165, 1.54) is 5.56 Å². The van der Waals surface area contributed by atoms with Crippen molar-refractivity contribution >= 4 is 0 Å². The Bertz CT molecular complexity index is 667. The summed E-state index contributed by atoms with van der Waals surface area (Å²) in [6, 6.07) is 10.6. The Kier molecular flexibility index (Phi) is 3.63. The molecule has 102 valence electrons. The van der Waals surface area contributed by atoms with E-state index in [0.29, 0.717) is 0 Å². The Morgan fingerprint density at radius 1 is 1.15 bits per heavy atom. The monoisotopic (exact) mass is 266 g/mol. The third-order valence-electron chi connectivity index (χ3n) is 3.46. The second-order valence-electron chi connectivity index (χ2n) is 4.91. The van der Waals surface area contributed by atoms with Gasteiger partial charge in [-0.3, -0.25) is 0 Å². The average molecular weight is 266 g/mol. The second-order valence-corrected chi connectivity index (χ2v) is 4.91. The van der Waals surface area contributed by atoms with Crippen molar-refractivity contribution in [2.75, 3.05) is 0 Å². The minimum absolute atomic E-state index is 0.940. The lowest BCUT2D eigenvalue weighted by atomic mass is 10.1. The van der Waals surface area contributed by atoms with Crippen molar-refractivity contribution in [3.63, 3.8) is 0 Å². The molecule has 0 saturated carbocycles. The molecule has 0 bridgehead atoms. The zero-order valence-electron chi connectivity index (χ0n) is 11.6. The number of aryl methyl sites for hydroxylation is 3. The van der Waals surface area contributed by atoms with Gasteiger partial charge in [-0.25, -0.2) is 9.97 Å². The van der Waals surface area contributed by atoms with Gasteiger partial charge in [0.15, 0.2) is 5.82 Å².